The molecule has 0 bridgehead atoms. The van der Waals surface area contributed by atoms with Crippen molar-refractivity contribution in [2.75, 3.05) is 19.7 Å². The minimum Gasteiger partial charge on any atom is -0.447 e. The zero-order valence-corrected chi connectivity index (χ0v) is 20.8. The van der Waals surface area contributed by atoms with Crippen molar-refractivity contribution in [1.82, 2.24) is 20.2 Å². The fourth-order valence-electron chi connectivity index (χ4n) is 4.72. The molecule has 2 aromatic heterocycles. The predicted octanol–water partition coefficient (Wildman–Crippen LogP) is 5.33. The Morgan fingerprint density at radius 2 is 2.03 bits per heavy atom. The van der Waals surface area contributed by atoms with Crippen LogP contribution < -0.4 is 5.32 Å². The quantitative estimate of drug-likeness (QED) is 0.292. The van der Waals surface area contributed by atoms with Crippen LogP contribution >= 0.6 is 0 Å². The molecule has 7 nitrogen and oxygen atoms in total. The molecule has 2 N–H and O–H groups in total. The van der Waals surface area contributed by atoms with Crippen molar-refractivity contribution in [3.63, 3.8) is 0 Å². The number of para-hydroxylation sites is 1. The van der Waals surface area contributed by atoms with E-state index in [-0.39, 0.29) is 30.8 Å². The van der Waals surface area contributed by atoms with Crippen molar-refractivity contribution in [3.05, 3.63) is 89.3 Å². The number of hydrogen-bond donors (Lipinski definition) is 2. The Morgan fingerprint density at radius 1 is 1.16 bits per heavy atom. The van der Waals surface area contributed by atoms with Crippen molar-refractivity contribution < 1.29 is 27.1 Å². The van der Waals surface area contributed by atoms with Gasteiger partial charge in [0.15, 0.2) is 5.69 Å². The highest BCUT2D eigenvalue weighted by Gasteiger charge is 2.30. The van der Waals surface area contributed by atoms with Gasteiger partial charge in [0.05, 0.1) is 18.2 Å². The standard InChI is InChI=1S/C28H29F3N4O3/c29-28(30,31)21-6-3-5-19(13-21)16-35(11-10-20-14-32-24-9-2-1-8-23(20)24)17-26-34-25(18-38-26)27(36)33-15-22-7-4-12-37-22/h1-3,5-6,8-9,13-14,18,22,32H,4,7,10-12,15-17H2,(H,33,36). The smallest absolute Gasteiger partial charge is 0.416 e. The third kappa shape index (κ3) is 6.43. The number of carbonyl (C=O) groups excluding carboxylic acids is 1. The van der Waals surface area contributed by atoms with Crippen molar-refractivity contribution in [2.45, 2.75) is 44.6 Å². The minimum atomic E-state index is -4.42. The molecular formula is C28H29F3N4O3. The van der Waals surface area contributed by atoms with Gasteiger partial charge in [-0.25, -0.2) is 4.98 Å². The van der Waals surface area contributed by atoms with Crippen molar-refractivity contribution >= 4 is 16.8 Å². The SMILES string of the molecule is O=C(NCC1CCCO1)c1coc(CN(CCc2c[nH]c3ccccc23)Cc2cccc(C(F)(F)F)c2)n1. The van der Waals surface area contributed by atoms with Crippen molar-refractivity contribution in [2.24, 2.45) is 0 Å². The summed E-state index contributed by atoms with van der Waals surface area (Å²) in [4.78, 5) is 22.1. The Labute approximate surface area is 218 Å². The van der Waals surface area contributed by atoms with Gasteiger partial charge in [0, 0.05) is 43.3 Å². The highest BCUT2D eigenvalue weighted by Crippen LogP contribution is 2.30. The van der Waals surface area contributed by atoms with Crippen LogP contribution in [0.15, 0.2) is 65.4 Å². The molecule has 1 amide bonds. The Bertz CT molecular complexity index is 1370. The summed E-state index contributed by atoms with van der Waals surface area (Å²) in [6, 6.07) is 13.3. The molecule has 0 aliphatic carbocycles. The van der Waals surface area contributed by atoms with Gasteiger partial charge in [-0.1, -0.05) is 36.4 Å². The van der Waals surface area contributed by atoms with E-state index in [0.717, 1.165) is 41.4 Å². The van der Waals surface area contributed by atoms with Crippen LogP contribution in [0.25, 0.3) is 10.9 Å². The fourth-order valence-corrected chi connectivity index (χ4v) is 4.72. The number of hydrogen-bond acceptors (Lipinski definition) is 5. The Balaban J connectivity index is 1.29. The van der Waals surface area contributed by atoms with E-state index in [9.17, 15) is 18.0 Å². The largest absolute Gasteiger partial charge is 0.447 e. The van der Waals surface area contributed by atoms with Gasteiger partial charge in [-0.15, -0.1) is 0 Å². The molecule has 1 aliphatic rings. The number of alkyl halides is 3. The molecule has 0 radical (unpaired) electrons. The normalized spacial score (nSPS) is 15.9. The van der Waals surface area contributed by atoms with Gasteiger partial charge in [0.2, 0.25) is 5.89 Å². The number of aromatic nitrogens is 2. The predicted molar refractivity (Wildman–Crippen MR) is 135 cm³/mol. The number of fused-ring (bicyclic) bond motifs is 1. The first kappa shape index (κ1) is 26.0. The maximum atomic E-state index is 13.3. The molecule has 2 aromatic carbocycles. The zero-order chi connectivity index (χ0) is 26.5. The molecule has 5 rings (SSSR count). The van der Waals surface area contributed by atoms with Crippen molar-refractivity contribution in [3.8, 4) is 0 Å². The molecular weight excluding hydrogens is 497 g/mol. The lowest BCUT2D eigenvalue weighted by Crippen LogP contribution is -2.32. The minimum absolute atomic E-state index is 0.0118. The molecule has 1 atom stereocenters. The molecule has 10 heteroatoms. The number of rotatable bonds is 10. The molecule has 0 saturated carbocycles. The summed E-state index contributed by atoms with van der Waals surface area (Å²) in [6.07, 6.45) is 1.41. The van der Waals surface area contributed by atoms with Gasteiger partial charge >= 0.3 is 6.18 Å². The van der Waals surface area contributed by atoms with Crippen LogP contribution in [0.2, 0.25) is 0 Å². The van der Waals surface area contributed by atoms with E-state index in [4.69, 9.17) is 9.15 Å². The van der Waals surface area contributed by atoms with Crippen LogP contribution in [-0.4, -0.2) is 46.6 Å². The highest BCUT2D eigenvalue weighted by atomic mass is 19.4. The number of nitrogens with zero attached hydrogens (tertiary/aromatic N) is 2. The molecule has 1 fully saturated rings. The summed E-state index contributed by atoms with van der Waals surface area (Å²) in [5.74, 6) is -0.0307. The molecule has 38 heavy (non-hydrogen) atoms. The van der Waals surface area contributed by atoms with Crippen LogP contribution in [0, 0.1) is 0 Å². The third-order valence-electron chi connectivity index (χ3n) is 6.69. The number of nitrogens with one attached hydrogen (secondary N) is 2. The lowest BCUT2D eigenvalue weighted by atomic mass is 10.1. The topological polar surface area (TPSA) is 83.4 Å². The van der Waals surface area contributed by atoms with Gasteiger partial charge in [-0.2, -0.15) is 13.2 Å². The zero-order valence-electron chi connectivity index (χ0n) is 20.8. The molecule has 3 heterocycles. The van der Waals surface area contributed by atoms with Gasteiger partial charge in [0.25, 0.3) is 5.91 Å². The van der Waals surface area contributed by atoms with Crippen molar-refractivity contribution in [1.29, 1.82) is 0 Å². The van der Waals surface area contributed by atoms with E-state index >= 15 is 0 Å². The third-order valence-corrected chi connectivity index (χ3v) is 6.69. The molecule has 1 aliphatic heterocycles. The summed E-state index contributed by atoms with van der Waals surface area (Å²) in [7, 11) is 0. The number of oxazole rings is 1. The second-order valence-electron chi connectivity index (χ2n) is 9.49. The van der Waals surface area contributed by atoms with Crippen LogP contribution in [0.5, 0.6) is 0 Å². The first-order valence-corrected chi connectivity index (χ1v) is 12.6. The first-order chi connectivity index (χ1) is 18.3. The molecule has 1 saturated heterocycles. The Morgan fingerprint density at radius 3 is 2.84 bits per heavy atom. The van der Waals surface area contributed by atoms with E-state index in [1.165, 1.54) is 12.3 Å². The number of aromatic amines is 1. The second-order valence-corrected chi connectivity index (χ2v) is 9.49. The van der Waals surface area contributed by atoms with Gasteiger partial charge in [0.1, 0.15) is 6.26 Å². The van der Waals surface area contributed by atoms with Gasteiger partial charge < -0.3 is 19.5 Å². The van der Waals surface area contributed by atoms with E-state index < -0.39 is 11.7 Å². The molecule has 1 unspecified atom stereocenters. The average molecular weight is 527 g/mol. The fraction of sp³-hybridized carbons (Fsp3) is 0.357. The second kappa shape index (κ2) is 11.4. The van der Waals surface area contributed by atoms with Crippen LogP contribution in [-0.2, 0) is 30.4 Å². The first-order valence-electron chi connectivity index (χ1n) is 12.6. The number of ether oxygens (including phenoxy) is 1. The van der Waals surface area contributed by atoms with E-state index in [1.807, 2.05) is 35.4 Å². The van der Waals surface area contributed by atoms with E-state index in [0.29, 0.717) is 37.6 Å². The van der Waals surface area contributed by atoms with Crippen LogP contribution in [0.3, 0.4) is 0 Å². The molecule has 4 aromatic rings. The highest BCUT2D eigenvalue weighted by molar-refractivity contribution is 5.91. The average Bonchev–Trinajstić information content (AvgIpc) is 3.67. The summed E-state index contributed by atoms with van der Waals surface area (Å²) >= 11 is 0. The Kier molecular flexibility index (Phi) is 7.80. The monoisotopic (exact) mass is 526 g/mol. The number of benzene rings is 2. The number of amides is 1. The molecule has 0 spiro atoms. The van der Waals surface area contributed by atoms with E-state index in [1.54, 1.807) is 6.07 Å². The lowest BCUT2D eigenvalue weighted by molar-refractivity contribution is -0.137. The number of carbonyl (C=O) groups is 1. The Hall–Kier alpha value is -3.63. The maximum Gasteiger partial charge on any atom is 0.416 e. The maximum absolute atomic E-state index is 13.3. The van der Waals surface area contributed by atoms with Crippen LogP contribution in [0.1, 0.15) is 45.9 Å². The molecule has 200 valence electrons. The van der Waals surface area contributed by atoms with Gasteiger partial charge in [-0.3, -0.25) is 9.69 Å². The number of halogens is 3. The number of H-pyrrole nitrogens is 1. The van der Waals surface area contributed by atoms with Crippen LogP contribution in [0.4, 0.5) is 13.2 Å². The van der Waals surface area contributed by atoms with Gasteiger partial charge in [-0.05, 0) is 42.5 Å². The summed E-state index contributed by atoms with van der Waals surface area (Å²) in [5, 5.41) is 3.92. The summed E-state index contributed by atoms with van der Waals surface area (Å²) in [5.41, 5.74) is 2.14. The summed E-state index contributed by atoms with van der Waals surface area (Å²) < 4.78 is 51.0. The van der Waals surface area contributed by atoms with E-state index in [2.05, 4.69) is 15.3 Å². The summed E-state index contributed by atoms with van der Waals surface area (Å²) in [6.45, 7) is 2.15. The lowest BCUT2D eigenvalue weighted by Gasteiger charge is -2.21.